The zero-order valence-electron chi connectivity index (χ0n) is 21.0. The Kier molecular flexibility index (Phi) is 6.69. The smallest absolute Gasteiger partial charge is 0.461 e. The van der Waals surface area contributed by atoms with Crippen LogP contribution in [-0.2, 0) is 11.8 Å². The summed E-state index contributed by atoms with van der Waals surface area (Å²) in [6, 6.07) is 7.98. The molecule has 4 aromatic rings. The number of anilines is 3. The van der Waals surface area contributed by atoms with Gasteiger partial charge in [-0.05, 0) is 38.2 Å². The SMILES string of the molecule is CCOC(=O)c1nn(C)c2c1ccc1cnc(Nc3cc(N4CCN(C)CC4)ccc3OC(F)(F)F)nc12. The lowest BCUT2D eigenvalue weighted by molar-refractivity contribution is -0.274. The quantitative estimate of drug-likeness (QED) is 0.371. The Morgan fingerprint density at radius 3 is 2.58 bits per heavy atom. The van der Waals surface area contributed by atoms with Gasteiger partial charge >= 0.3 is 12.3 Å². The summed E-state index contributed by atoms with van der Waals surface area (Å²) in [6.07, 6.45) is -3.32. The Hall–Kier alpha value is -4.13. The molecule has 0 aliphatic carbocycles. The summed E-state index contributed by atoms with van der Waals surface area (Å²) in [5.74, 6) is -0.895. The molecule has 0 spiro atoms. The fraction of sp³-hybridized carbons (Fsp3) is 0.360. The normalized spacial score (nSPS) is 14.7. The van der Waals surface area contributed by atoms with Gasteiger partial charge in [-0.3, -0.25) is 4.68 Å². The molecule has 0 unspecified atom stereocenters. The number of nitrogens with one attached hydrogen (secondary N) is 1. The van der Waals surface area contributed by atoms with Crippen LogP contribution < -0.4 is 15.0 Å². The molecule has 38 heavy (non-hydrogen) atoms. The van der Waals surface area contributed by atoms with Crippen molar-refractivity contribution < 1.29 is 27.4 Å². The molecule has 0 amide bonds. The number of benzene rings is 2. The van der Waals surface area contributed by atoms with Crippen LogP contribution in [-0.4, -0.2) is 76.8 Å². The molecule has 0 atom stereocenters. The van der Waals surface area contributed by atoms with Crippen molar-refractivity contribution >= 4 is 45.1 Å². The topological polar surface area (TPSA) is 97.6 Å². The fourth-order valence-corrected chi connectivity index (χ4v) is 4.48. The predicted molar refractivity (Wildman–Crippen MR) is 136 cm³/mol. The van der Waals surface area contributed by atoms with Crippen molar-refractivity contribution in [2.24, 2.45) is 7.05 Å². The van der Waals surface area contributed by atoms with Crippen molar-refractivity contribution in [3.63, 3.8) is 0 Å². The minimum Gasteiger partial charge on any atom is -0.461 e. The third-order valence-electron chi connectivity index (χ3n) is 6.33. The van der Waals surface area contributed by atoms with Crippen molar-refractivity contribution in [1.29, 1.82) is 0 Å². The van der Waals surface area contributed by atoms with Gasteiger partial charge in [0, 0.05) is 55.9 Å². The summed E-state index contributed by atoms with van der Waals surface area (Å²) in [5, 5.41) is 8.42. The zero-order chi connectivity index (χ0) is 27.0. The number of aryl methyl sites for hydroxylation is 1. The van der Waals surface area contributed by atoms with Crippen molar-refractivity contribution in [2.45, 2.75) is 13.3 Å². The maximum atomic E-state index is 13.2. The van der Waals surface area contributed by atoms with Gasteiger partial charge in [0.05, 0.1) is 17.8 Å². The number of fused-ring (bicyclic) bond motifs is 3. The molecule has 1 saturated heterocycles. The predicted octanol–water partition coefficient (Wildman–Crippen LogP) is 4.09. The number of likely N-dealkylation sites (N-methyl/N-ethyl adjacent to an activating group) is 1. The minimum atomic E-state index is -4.87. The second-order valence-electron chi connectivity index (χ2n) is 8.93. The molecule has 0 radical (unpaired) electrons. The first-order valence-electron chi connectivity index (χ1n) is 12.0. The monoisotopic (exact) mass is 529 g/mol. The third kappa shape index (κ3) is 5.14. The maximum Gasteiger partial charge on any atom is 0.573 e. The number of esters is 1. The van der Waals surface area contributed by atoms with E-state index in [0.29, 0.717) is 21.8 Å². The highest BCUT2D eigenvalue weighted by Gasteiger charge is 2.32. The molecule has 3 heterocycles. The first kappa shape index (κ1) is 25.5. The Labute approximate surface area is 215 Å². The molecule has 0 saturated carbocycles. The van der Waals surface area contributed by atoms with Gasteiger partial charge in [0.25, 0.3) is 0 Å². The molecular weight excluding hydrogens is 503 g/mol. The van der Waals surface area contributed by atoms with Crippen molar-refractivity contribution in [2.75, 3.05) is 50.1 Å². The Morgan fingerprint density at radius 1 is 1.11 bits per heavy atom. The van der Waals surface area contributed by atoms with Crippen molar-refractivity contribution in [3.05, 3.63) is 42.2 Å². The number of aromatic nitrogens is 4. The highest BCUT2D eigenvalue weighted by Crippen LogP contribution is 2.36. The number of hydrogen-bond acceptors (Lipinski definition) is 9. The van der Waals surface area contributed by atoms with E-state index in [1.165, 1.54) is 10.7 Å². The number of piperazine rings is 1. The summed E-state index contributed by atoms with van der Waals surface area (Å²) < 4.78 is 50.4. The average Bonchev–Trinajstić information content (AvgIpc) is 3.22. The van der Waals surface area contributed by atoms with Crippen molar-refractivity contribution in [3.8, 4) is 5.75 Å². The zero-order valence-corrected chi connectivity index (χ0v) is 21.0. The standard InChI is InChI=1S/C25H26F3N7O3/c1-4-37-23(36)21-17-7-5-15-14-29-24(31-20(15)22(17)34(3)32-21)30-18-13-16(35-11-9-33(2)10-12-35)6-8-19(18)38-25(26,27)28/h5-8,13-14H,4,9-12H2,1-3H3,(H,29,30,31). The molecule has 2 aromatic heterocycles. The first-order chi connectivity index (χ1) is 18.1. The third-order valence-corrected chi connectivity index (χ3v) is 6.33. The lowest BCUT2D eigenvalue weighted by Gasteiger charge is -2.34. The number of nitrogens with zero attached hydrogens (tertiary/aromatic N) is 6. The Balaban J connectivity index is 1.55. The number of alkyl halides is 3. The van der Waals surface area contributed by atoms with Gasteiger partial charge in [0.1, 0.15) is 5.52 Å². The number of carbonyl (C=O) groups is 1. The van der Waals surface area contributed by atoms with Gasteiger partial charge in [-0.1, -0.05) is 6.07 Å². The van der Waals surface area contributed by atoms with Gasteiger partial charge in [0.15, 0.2) is 11.4 Å². The lowest BCUT2D eigenvalue weighted by Crippen LogP contribution is -2.44. The van der Waals surface area contributed by atoms with E-state index in [1.54, 1.807) is 44.4 Å². The molecule has 200 valence electrons. The van der Waals surface area contributed by atoms with Crippen LogP contribution in [0.15, 0.2) is 36.5 Å². The number of rotatable bonds is 6. The first-order valence-corrected chi connectivity index (χ1v) is 12.0. The van der Waals surface area contributed by atoms with E-state index < -0.39 is 18.1 Å². The summed E-state index contributed by atoms with van der Waals surface area (Å²) in [4.78, 5) is 25.6. The second-order valence-corrected chi connectivity index (χ2v) is 8.93. The van der Waals surface area contributed by atoms with E-state index in [4.69, 9.17) is 4.74 Å². The highest BCUT2D eigenvalue weighted by atomic mass is 19.4. The van der Waals surface area contributed by atoms with E-state index in [9.17, 15) is 18.0 Å². The molecule has 1 N–H and O–H groups in total. The largest absolute Gasteiger partial charge is 0.573 e. The minimum absolute atomic E-state index is 0.0615. The van der Waals surface area contributed by atoms with Crippen LogP contribution in [0.1, 0.15) is 17.4 Å². The van der Waals surface area contributed by atoms with Crippen LogP contribution >= 0.6 is 0 Å². The number of hydrogen-bond donors (Lipinski definition) is 1. The summed E-state index contributed by atoms with van der Waals surface area (Å²) in [6.45, 7) is 5.07. The van der Waals surface area contributed by atoms with Crippen LogP contribution in [0.2, 0.25) is 0 Å². The van der Waals surface area contributed by atoms with E-state index in [1.807, 2.05) is 7.05 Å². The Morgan fingerprint density at radius 2 is 1.87 bits per heavy atom. The fourth-order valence-electron chi connectivity index (χ4n) is 4.48. The molecular formula is C25H26F3N7O3. The van der Waals surface area contributed by atoms with Crippen LogP contribution in [0.4, 0.5) is 30.5 Å². The maximum absolute atomic E-state index is 13.2. The van der Waals surface area contributed by atoms with Gasteiger partial charge in [-0.25, -0.2) is 14.8 Å². The summed E-state index contributed by atoms with van der Waals surface area (Å²) in [7, 11) is 3.70. The molecule has 13 heteroatoms. The van der Waals surface area contributed by atoms with Gasteiger partial charge in [0.2, 0.25) is 5.95 Å². The molecule has 0 bridgehead atoms. The molecule has 1 fully saturated rings. The van der Waals surface area contributed by atoms with Crippen LogP contribution in [0.25, 0.3) is 21.8 Å². The van der Waals surface area contributed by atoms with E-state index in [2.05, 4.69) is 34.9 Å². The van der Waals surface area contributed by atoms with Crippen LogP contribution in [0, 0.1) is 0 Å². The van der Waals surface area contributed by atoms with E-state index >= 15 is 0 Å². The highest BCUT2D eigenvalue weighted by molar-refractivity contribution is 6.10. The second kappa shape index (κ2) is 9.97. The summed E-state index contributed by atoms with van der Waals surface area (Å²) in [5.41, 5.74) is 2.01. The molecule has 2 aromatic carbocycles. The van der Waals surface area contributed by atoms with Gasteiger partial charge in [-0.2, -0.15) is 5.10 Å². The van der Waals surface area contributed by atoms with Crippen LogP contribution in [0.5, 0.6) is 5.75 Å². The van der Waals surface area contributed by atoms with E-state index in [-0.39, 0.29) is 23.9 Å². The average molecular weight is 530 g/mol. The van der Waals surface area contributed by atoms with Gasteiger partial charge < -0.3 is 24.6 Å². The molecule has 1 aliphatic heterocycles. The van der Waals surface area contributed by atoms with E-state index in [0.717, 1.165) is 31.9 Å². The Bertz CT molecular complexity index is 1500. The van der Waals surface area contributed by atoms with Crippen molar-refractivity contribution in [1.82, 2.24) is 24.6 Å². The summed E-state index contributed by atoms with van der Waals surface area (Å²) >= 11 is 0. The number of halogens is 3. The van der Waals surface area contributed by atoms with Gasteiger partial charge in [-0.15, -0.1) is 13.2 Å². The molecule has 5 rings (SSSR count). The molecule has 10 nitrogen and oxygen atoms in total. The number of ether oxygens (including phenoxy) is 2. The van der Waals surface area contributed by atoms with Crippen LogP contribution in [0.3, 0.4) is 0 Å². The molecule has 1 aliphatic rings. The number of carbonyl (C=O) groups excluding carboxylic acids is 1. The lowest BCUT2D eigenvalue weighted by atomic mass is 10.1.